The van der Waals surface area contributed by atoms with Crippen molar-refractivity contribution in [2.45, 2.75) is 16.9 Å². The Morgan fingerprint density at radius 1 is 1.12 bits per heavy atom. The van der Waals surface area contributed by atoms with Crippen molar-refractivity contribution < 1.29 is 0 Å². The highest BCUT2D eigenvalue weighted by Crippen LogP contribution is 2.30. The van der Waals surface area contributed by atoms with Gasteiger partial charge in [0, 0.05) is 6.54 Å². The molecule has 1 atom stereocenters. The highest BCUT2D eigenvalue weighted by atomic mass is 35.5. The second-order valence-electron chi connectivity index (χ2n) is 3.76. The molecule has 1 nitrogen and oxygen atoms in total. The third-order valence-corrected chi connectivity index (χ3v) is 3.24. The number of alkyl halides is 2. The zero-order valence-corrected chi connectivity index (χ0v) is 10.2. The van der Waals surface area contributed by atoms with E-state index in [2.05, 4.69) is 17.4 Å². The predicted molar refractivity (Wildman–Crippen MR) is 69.8 cm³/mol. The van der Waals surface area contributed by atoms with Gasteiger partial charge in [-0.2, -0.15) is 0 Å². The van der Waals surface area contributed by atoms with Crippen LogP contribution in [0.5, 0.6) is 0 Å². The normalized spacial score (nSPS) is 22.2. The van der Waals surface area contributed by atoms with E-state index in [0.29, 0.717) is 0 Å². The first-order valence-electron chi connectivity index (χ1n) is 5.20. The predicted octanol–water partition coefficient (Wildman–Crippen LogP) is 3.44. The van der Waals surface area contributed by atoms with Crippen molar-refractivity contribution in [3.8, 4) is 0 Å². The summed E-state index contributed by atoms with van der Waals surface area (Å²) in [5.41, 5.74) is 1.22. The summed E-state index contributed by atoms with van der Waals surface area (Å²) in [5.74, 6) is 0. The Hall–Kier alpha value is -0.760. The van der Waals surface area contributed by atoms with Crippen LogP contribution in [0.15, 0.2) is 54.6 Å². The summed E-state index contributed by atoms with van der Waals surface area (Å²) >= 11 is 12.3. The first-order valence-corrected chi connectivity index (χ1v) is 5.95. The average Bonchev–Trinajstić information content (AvgIpc) is 2.28. The molecule has 2 rings (SSSR count). The zero-order chi connectivity index (χ0) is 11.4. The van der Waals surface area contributed by atoms with Crippen LogP contribution in [0.4, 0.5) is 0 Å². The van der Waals surface area contributed by atoms with E-state index >= 15 is 0 Å². The van der Waals surface area contributed by atoms with E-state index in [9.17, 15) is 0 Å². The SMILES string of the molecule is ClC1(Cl)C=CC=CC1NCc1ccccc1. The van der Waals surface area contributed by atoms with E-state index in [1.807, 2.05) is 36.4 Å². The number of benzene rings is 1. The van der Waals surface area contributed by atoms with Crippen LogP contribution in [-0.2, 0) is 6.54 Å². The average molecular weight is 254 g/mol. The molecule has 0 amide bonds. The summed E-state index contributed by atoms with van der Waals surface area (Å²) in [5, 5.41) is 3.33. The third-order valence-electron chi connectivity index (χ3n) is 2.52. The van der Waals surface area contributed by atoms with E-state index in [0.717, 1.165) is 6.54 Å². The number of nitrogens with one attached hydrogen (secondary N) is 1. The molecule has 0 radical (unpaired) electrons. The van der Waals surface area contributed by atoms with Crippen LogP contribution in [0.2, 0.25) is 0 Å². The van der Waals surface area contributed by atoms with Crippen LogP contribution in [0.1, 0.15) is 5.56 Å². The maximum Gasteiger partial charge on any atom is 0.155 e. The van der Waals surface area contributed by atoms with Gasteiger partial charge in [0.2, 0.25) is 0 Å². The third kappa shape index (κ3) is 2.88. The number of hydrogen-bond donors (Lipinski definition) is 1. The molecule has 16 heavy (non-hydrogen) atoms. The molecular formula is C13H13Cl2N. The van der Waals surface area contributed by atoms with Crippen LogP contribution in [0.25, 0.3) is 0 Å². The molecule has 0 saturated carbocycles. The molecule has 1 unspecified atom stereocenters. The van der Waals surface area contributed by atoms with E-state index < -0.39 is 4.33 Å². The molecule has 1 aromatic carbocycles. The summed E-state index contributed by atoms with van der Waals surface area (Å²) in [6.07, 6.45) is 7.58. The first kappa shape index (κ1) is 11.7. The summed E-state index contributed by atoms with van der Waals surface area (Å²) in [6.45, 7) is 0.755. The quantitative estimate of drug-likeness (QED) is 0.815. The van der Waals surface area contributed by atoms with Crippen molar-refractivity contribution in [2.75, 3.05) is 0 Å². The Balaban J connectivity index is 1.96. The van der Waals surface area contributed by atoms with Gasteiger partial charge in [-0.05, 0) is 11.6 Å². The van der Waals surface area contributed by atoms with Gasteiger partial charge in [-0.1, -0.05) is 71.8 Å². The zero-order valence-electron chi connectivity index (χ0n) is 8.74. The summed E-state index contributed by atoms with van der Waals surface area (Å²) in [7, 11) is 0. The Labute approximate surface area is 106 Å². The Morgan fingerprint density at radius 3 is 2.56 bits per heavy atom. The first-order chi connectivity index (χ1) is 7.68. The lowest BCUT2D eigenvalue weighted by Crippen LogP contribution is -2.41. The topological polar surface area (TPSA) is 12.0 Å². The molecule has 0 spiro atoms. The minimum Gasteiger partial charge on any atom is -0.304 e. The fourth-order valence-electron chi connectivity index (χ4n) is 1.62. The molecule has 0 aromatic heterocycles. The molecule has 0 aliphatic heterocycles. The molecule has 0 fully saturated rings. The number of hydrogen-bond acceptors (Lipinski definition) is 1. The Morgan fingerprint density at radius 2 is 1.88 bits per heavy atom. The highest BCUT2D eigenvalue weighted by Gasteiger charge is 2.31. The highest BCUT2D eigenvalue weighted by molar-refractivity contribution is 6.50. The van der Waals surface area contributed by atoms with Crippen LogP contribution in [0, 0.1) is 0 Å². The van der Waals surface area contributed by atoms with Crippen molar-refractivity contribution in [1.29, 1.82) is 0 Å². The van der Waals surface area contributed by atoms with Crippen LogP contribution >= 0.6 is 23.2 Å². The molecular weight excluding hydrogens is 241 g/mol. The molecule has 1 aliphatic carbocycles. The lowest BCUT2D eigenvalue weighted by molar-refractivity contribution is 0.575. The van der Waals surface area contributed by atoms with Gasteiger partial charge in [0.1, 0.15) is 0 Å². The van der Waals surface area contributed by atoms with Gasteiger partial charge < -0.3 is 5.32 Å². The number of allylic oxidation sites excluding steroid dienone is 2. The van der Waals surface area contributed by atoms with Crippen molar-refractivity contribution >= 4 is 23.2 Å². The van der Waals surface area contributed by atoms with Gasteiger partial charge in [0.25, 0.3) is 0 Å². The summed E-state index contributed by atoms with van der Waals surface area (Å²) in [6, 6.07) is 10.1. The molecule has 84 valence electrons. The summed E-state index contributed by atoms with van der Waals surface area (Å²) < 4.78 is -0.858. The van der Waals surface area contributed by atoms with Crippen LogP contribution in [-0.4, -0.2) is 10.4 Å². The van der Waals surface area contributed by atoms with Gasteiger partial charge in [-0.15, -0.1) is 0 Å². The van der Waals surface area contributed by atoms with Gasteiger partial charge in [-0.3, -0.25) is 0 Å². The van der Waals surface area contributed by atoms with Gasteiger partial charge >= 0.3 is 0 Å². The van der Waals surface area contributed by atoms with Crippen LogP contribution in [0.3, 0.4) is 0 Å². The molecule has 1 aliphatic rings. The van der Waals surface area contributed by atoms with E-state index in [1.54, 1.807) is 6.08 Å². The van der Waals surface area contributed by atoms with E-state index in [1.165, 1.54) is 5.56 Å². The molecule has 3 heteroatoms. The fourth-order valence-corrected chi connectivity index (χ4v) is 2.06. The van der Waals surface area contributed by atoms with Gasteiger partial charge in [0.05, 0.1) is 6.04 Å². The number of rotatable bonds is 3. The largest absolute Gasteiger partial charge is 0.304 e. The molecule has 1 N–H and O–H groups in total. The van der Waals surface area contributed by atoms with Crippen molar-refractivity contribution in [3.63, 3.8) is 0 Å². The Kier molecular flexibility index (Phi) is 3.70. The maximum absolute atomic E-state index is 6.17. The second-order valence-corrected chi connectivity index (χ2v) is 5.21. The summed E-state index contributed by atoms with van der Waals surface area (Å²) in [4.78, 5) is 0. The second kappa shape index (κ2) is 5.05. The minimum absolute atomic E-state index is 0.0546. The molecule has 1 aromatic rings. The van der Waals surface area contributed by atoms with Gasteiger partial charge in [0.15, 0.2) is 4.33 Å². The smallest absolute Gasteiger partial charge is 0.155 e. The minimum atomic E-state index is -0.858. The van der Waals surface area contributed by atoms with Crippen LogP contribution < -0.4 is 5.32 Å². The molecule has 0 saturated heterocycles. The molecule has 0 heterocycles. The van der Waals surface area contributed by atoms with Gasteiger partial charge in [-0.25, -0.2) is 0 Å². The monoisotopic (exact) mass is 253 g/mol. The Bertz CT molecular complexity index is 396. The van der Waals surface area contributed by atoms with Crippen molar-refractivity contribution in [2.24, 2.45) is 0 Å². The fraction of sp³-hybridized carbons (Fsp3) is 0.231. The van der Waals surface area contributed by atoms with E-state index in [4.69, 9.17) is 23.2 Å². The standard InChI is InChI=1S/C13H13Cl2N/c14-13(15)9-5-4-8-12(13)16-10-11-6-2-1-3-7-11/h1-9,12,16H,10H2. The van der Waals surface area contributed by atoms with Crippen molar-refractivity contribution in [3.05, 3.63) is 60.2 Å². The number of halogens is 2. The maximum atomic E-state index is 6.17. The van der Waals surface area contributed by atoms with E-state index in [-0.39, 0.29) is 6.04 Å². The lowest BCUT2D eigenvalue weighted by atomic mass is 10.1. The van der Waals surface area contributed by atoms with Crippen molar-refractivity contribution in [1.82, 2.24) is 5.32 Å². The molecule has 0 bridgehead atoms. The lowest BCUT2D eigenvalue weighted by Gasteiger charge is -2.27.